The molecule has 0 atom stereocenters. The molecule has 1 aromatic rings. The molecule has 7 nitrogen and oxygen atoms in total. The maximum atomic E-state index is 12.5. The Labute approximate surface area is 141 Å². The summed E-state index contributed by atoms with van der Waals surface area (Å²) in [6.45, 7) is 3.88. The first-order valence-corrected chi connectivity index (χ1v) is 7.53. The van der Waals surface area contributed by atoms with E-state index in [1.165, 1.54) is 21.3 Å². The van der Waals surface area contributed by atoms with Crippen molar-refractivity contribution in [2.24, 2.45) is 5.41 Å². The highest BCUT2D eigenvalue weighted by Crippen LogP contribution is 2.47. The molecule has 24 heavy (non-hydrogen) atoms. The van der Waals surface area contributed by atoms with Gasteiger partial charge < -0.3 is 24.8 Å². The molecule has 130 valence electrons. The number of ether oxygens (including phenoxy) is 3. The highest BCUT2D eigenvalue weighted by atomic mass is 16.5. The number of nitrogens with one attached hydrogen (secondary N) is 2. The van der Waals surface area contributed by atoms with Gasteiger partial charge in [-0.25, -0.2) is 0 Å². The molecule has 0 saturated heterocycles. The molecule has 2 rings (SSSR count). The van der Waals surface area contributed by atoms with Crippen molar-refractivity contribution in [3.63, 3.8) is 0 Å². The van der Waals surface area contributed by atoms with Crippen LogP contribution in [0.2, 0.25) is 0 Å². The third kappa shape index (κ3) is 3.29. The monoisotopic (exact) mass is 334 g/mol. The molecule has 0 unspecified atom stereocenters. The number of rotatable bonds is 8. The average Bonchev–Trinajstić information content (AvgIpc) is 3.40. The van der Waals surface area contributed by atoms with Gasteiger partial charge in [-0.05, 0) is 12.8 Å². The summed E-state index contributed by atoms with van der Waals surface area (Å²) in [6, 6.07) is 3.24. The van der Waals surface area contributed by atoms with Crippen molar-refractivity contribution in [3.05, 3.63) is 24.8 Å². The minimum absolute atomic E-state index is 0.285. The van der Waals surface area contributed by atoms with E-state index in [0.29, 0.717) is 42.3 Å². The number of amides is 2. The van der Waals surface area contributed by atoms with Gasteiger partial charge in [0.15, 0.2) is 11.5 Å². The number of anilines is 1. The van der Waals surface area contributed by atoms with Crippen LogP contribution in [0.3, 0.4) is 0 Å². The molecule has 7 heteroatoms. The first-order chi connectivity index (χ1) is 11.5. The smallest absolute Gasteiger partial charge is 0.240 e. The van der Waals surface area contributed by atoms with Gasteiger partial charge in [-0.3, -0.25) is 9.59 Å². The Hall–Kier alpha value is -2.70. The summed E-state index contributed by atoms with van der Waals surface area (Å²) in [5.41, 5.74) is -0.541. The van der Waals surface area contributed by atoms with Crippen LogP contribution in [0.5, 0.6) is 17.2 Å². The molecule has 0 radical (unpaired) electrons. The molecule has 0 aliphatic heterocycles. The SMILES string of the molecule is C=CCNC(=O)C1(C(=O)Nc2cc(OC)c(OC)c(OC)c2)CC1. The average molecular weight is 334 g/mol. The molecule has 2 N–H and O–H groups in total. The maximum Gasteiger partial charge on any atom is 0.240 e. The van der Waals surface area contributed by atoms with Crippen LogP contribution in [-0.4, -0.2) is 39.7 Å². The first kappa shape index (κ1) is 17.7. The van der Waals surface area contributed by atoms with Crippen molar-refractivity contribution in [3.8, 4) is 17.2 Å². The zero-order chi connectivity index (χ0) is 17.7. The zero-order valence-corrected chi connectivity index (χ0v) is 14.1. The summed E-state index contributed by atoms with van der Waals surface area (Å²) in [5, 5.41) is 5.44. The molecular weight excluding hydrogens is 312 g/mol. The topological polar surface area (TPSA) is 85.9 Å². The number of hydrogen-bond donors (Lipinski definition) is 2. The van der Waals surface area contributed by atoms with Gasteiger partial charge >= 0.3 is 0 Å². The molecule has 1 aliphatic rings. The standard InChI is InChI=1S/C17H22N2O5/c1-5-8-18-15(20)17(6-7-17)16(21)19-11-9-12(22-2)14(24-4)13(10-11)23-3/h5,9-10H,1,6-8H2,2-4H3,(H,18,20)(H,19,21). The lowest BCUT2D eigenvalue weighted by Crippen LogP contribution is -2.40. The maximum absolute atomic E-state index is 12.5. The summed E-state index contributed by atoms with van der Waals surface area (Å²) >= 11 is 0. The first-order valence-electron chi connectivity index (χ1n) is 7.53. The normalized spacial score (nSPS) is 14.3. The van der Waals surface area contributed by atoms with Gasteiger partial charge in [-0.15, -0.1) is 6.58 Å². The summed E-state index contributed by atoms with van der Waals surface area (Å²) in [7, 11) is 4.49. The Balaban J connectivity index is 2.20. The van der Waals surface area contributed by atoms with E-state index in [9.17, 15) is 9.59 Å². The molecule has 0 bridgehead atoms. The minimum Gasteiger partial charge on any atom is -0.493 e. The van der Waals surface area contributed by atoms with Gasteiger partial charge in [-0.1, -0.05) is 6.08 Å². The van der Waals surface area contributed by atoms with Gasteiger partial charge in [0.25, 0.3) is 0 Å². The molecule has 1 aliphatic carbocycles. The third-order valence-electron chi connectivity index (χ3n) is 3.95. The van der Waals surface area contributed by atoms with Crippen LogP contribution < -0.4 is 24.8 Å². The molecular formula is C17H22N2O5. The van der Waals surface area contributed by atoms with Gasteiger partial charge in [-0.2, -0.15) is 0 Å². The predicted molar refractivity (Wildman–Crippen MR) is 89.6 cm³/mol. The van der Waals surface area contributed by atoms with Crippen LogP contribution in [0.4, 0.5) is 5.69 Å². The van der Waals surface area contributed by atoms with Gasteiger partial charge in [0, 0.05) is 24.4 Å². The van der Waals surface area contributed by atoms with E-state index in [0.717, 1.165) is 0 Å². The molecule has 2 amide bonds. The van der Waals surface area contributed by atoms with Crippen LogP contribution in [0, 0.1) is 5.41 Å². The molecule has 1 saturated carbocycles. The van der Waals surface area contributed by atoms with Crippen LogP contribution in [0.1, 0.15) is 12.8 Å². The minimum atomic E-state index is -1.01. The van der Waals surface area contributed by atoms with Gasteiger partial charge in [0.05, 0.1) is 21.3 Å². The molecule has 1 fully saturated rings. The summed E-state index contributed by atoms with van der Waals surface area (Å²) in [4.78, 5) is 24.7. The highest BCUT2D eigenvalue weighted by molar-refractivity contribution is 6.13. The summed E-state index contributed by atoms with van der Waals surface area (Å²) in [5.74, 6) is 0.648. The second-order valence-electron chi connectivity index (χ2n) is 5.45. The quantitative estimate of drug-likeness (QED) is 0.559. The largest absolute Gasteiger partial charge is 0.493 e. The number of carbonyl (C=O) groups excluding carboxylic acids is 2. The third-order valence-corrected chi connectivity index (χ3v) is 3.95. The van der Waals surface area contributed by atoms with Crippen LogP contribution in [0.15, 0.2) is 24.8 Å². The Morgan fingerprint density at radius 3 is 2.12 bits per heavy atom. The fraction of sp³-hybridized carbons (Fsp3) is 0.412. The Morgan fingerprint density at radius 1 is 1.12 bits per heavy atom. The molecule has 0 aromatic heterocycles. The summed E-state index contributed by atoms with van der Waals surface area (Å²) in [6.07, 6.45) is 2.61. The number of hydrogen-bond acceptors (Lipinski definition) is 5. The fourth-order valence-electron chi connectivity index (χ4n) is 2.42. The Kier molecular flexibility index (Phi) is 5.33. The van der Waals surface area contributed by atoms with E-state index in [1.807, 2.05) is 0 Å². The number of carbonyl (C=O) groups is 2. The van der Waals surface area contributed by atoms with Crippen molar-refractivity contribution < 1.29 is 23.8 Å². The van der Waals surface area contributed by atoms with Crippen LogP contribution >= 0.6 is 0 Å². The lowest BCUT2D eigenvalue weighted by atomic mass is 10.0. The van der Waals surface area contributed by atoms with Crippen molar-refractivity contribution in [1.82, 2.24) is 5.32 Å². The van der Waals surface area contributed by atoms with E-state index in [1.54, 1.807) is 18.2 Å². The van der Waals surface area contributed by atoms with Crippen LogP contribution in [0.25, 0.3) is 0 Å². The molecule has 1 aromatic carbocycles. The highest BCUT2D eigenvalue weighted by Gasteiger charge is 2.56. The van der Waals surface area contributed by atoms with Gasteiger partial charge in [0.1, 0.15) is 5.41 Å². The van der Waals surface area contributed by atoms with E-state index in [2.05, 4.69) is 17.2 Å². The lowest BCUT2D eigenvalue weighted by Gasteiger charge is -2.17. The Bertz CT molecular complexity index is 627. The van der Waals surface area contributed by atoms with Crippen molar-refractivity contribution >= 4 is 17.5 Å². The van der Waals surface area contributed by atoms with Gasteiger partial charge in [0.2, 0.25) is 17.6 Å². The van der Waals surface area contributed by atoms with Crippen LogP contribution in [-0.2, 0) is 9.59 Å². The van der Waals surface area contributed by atoms with Crippen molar-refractivity contribution in [2.45, 2.75) is 12.8 Å². The second-order valence-corrected chi connectivity index (χ2v) is 5.45. The van der Waals surface area contributed by atoms with E-state index in [-0.39, 0.29) is 11.8 Å². The van der Waals surface area contributed by atoms with E-state index < -0.39 is 5.41 Å². The lowest BCUT2D eigenvalue weighted by molar-refractivity contribution is -0.134. The zero-order valence-electron chi connectivity index (χ0n) is 14.1. The summed E-state index contributed by atoms with van der Waals surface area (Å²) < 4.78 is 15.8. The van der Waals surface area contributed by atoms with Crippen molar-refractivity contribution in [1.29, 1.82) is 0 Å². The predicted octanol–water partition coefficient (Wildman–Crippen LogP) is 1.73. The molecule has 0 spiro atoms. The van der Waals surface area contributed by atoms with Crippen molar-refractivity contribution in [2.75, 3.05) is 33.2 Å². The van der Waals surface area contributed by atoms with E-state index in [4.69, 9.17) is 14.2 Å². The number of methoxy groups -OCH3 is 3. The second kappa shape index (κ2) is 7.25. The van der Waals surface area contributed by atoms with E-state index >= 15 is 0 Å². The Morgan fingerprint density at radius 2 is 1.71 bits per heavy atom. The fourth-order valence-corrected chi connectivity index (χ4v) is 2.42. The number of benzene rings is 1. The molecule has 0 heterocycles.